The number of nitrogens with two attached hydrogens (primary N) is 1. The first-order chi connectivity index (χ1) is 8.15. The van der Waals surface area contributed by atoms with Crippen molar-refractivity contribution in [2.24, 2.45) is 0 Å². The number of nitrogens with zero attached hydrogens (tertiary/aromatic N) is 2. The standard InChI is InChI=1S/C12H20N4O/c1-9-5-10(13)6-14-12(9)15-7-11-8-16(2)3-4-17-11/h5-6,11H,3-4,7-8,13H2,1-2H3,(H,14,15). The summed E-state index contributed by atoms with van der Waals surface area (Å²) < 4.78 is 5.68. The number of nitrogen functional groups attached to an aromatic ring is 1. The average molecular weight is 236 g/mol. The maximum absolute atomic E-state index is 5.68. The SMILES string of the molecule is Cc1cc(N)cnc1NCC1CN(C)CCO1. The minimum absolute atomic E-state index is 0.229. The maximum Gasteiger partial charge on any atom is 0.129 e. The van der Waals surface area contributed by atoms with Crippen molar-refractivity contribution in [3.8, 4) is 0 Å². The van der Waals surface area contributed by atoms with Crippen LogP contribution in [0.1, 0.15) is 5.56 Å². The molecule has 1 aliphatic heterocycles. The molecule has 0 radical (unpaired) electrons. The quantitative estimate of drug-likeness (QED) is 0.809. The highest BCUT2D eigenvalue weighted by molar-refractivity contribution is 5.50. The van der Waals surface area contributed by atoms with Gasteiger partial charge in [0.15, 0.2) is 0 Å². The number of hydrogen-bond acceptors (Lipinski definition) is 5. The highest BCUT2D eigenvalue weighted by Crippen LogP contribution is 2.14. The highest BCUT2D eigenvalue weighted by atomic mass is 16.5. The number of anilines is 2. The predicted octanol–water partition coefficient (Wildman–Crippen LogP) is 0.715. The number of aryl methyl sites for hydroxylation is 1. The second kappa shape index (κ2) is 5.33. The largest absolute Gasteiger partial charge is 0.397 e. The molecule has 0 aliphatic carbocycles. The molecule has 94 valence electrons. The molecule has 1 atom stereocenters. The predicted molar refractivity (Wildman–Crippen MR) is 69.1 cm³/mol. The monoisotopic (exact) mass is 236 g/mol. The van der Waals surface area contributed by atoms with Crippen molar-refractivity contribution in [1.29, 1.82) is 0 Å². The molecule has 5 nitrogen and oxygen atoms in total. The van der Waals surface area contributed by atoms with Crippen LogP contribution in [0.2, 0.25) is 0 Å². The van der Waals surface area contributed by atoms with Gasteiger partial charge in [-0.1, -0.05) is 0 Å². The Hall–Kier alpha value is -1.33. The smallest absolute Gasteiger partial charge is 0.129 e. The molecule has 0 spiro atoms. The summed E-state index contributed by atoms with van der Waals surface area (Å²) in [7, 11) is 2.11. The van der Waals surface area contributed by atoms with Crippen LogP contribution < -0.4 is 11.1 Å². The van der Waals surface area contributed by atoms with E-state index in [0.717, 1.165) is 37.6 Å². The van der Waals surface area contributed by atoms with E-state index < -0.39 is 0 Å². The van der Waals surface area contributed by atoms with E-state index in [9.17, 15) is 0 Å². The molecule has 17 heavy (non-hydrogen) atoms. The van der Waals surface area contributed by atoms with Crippen LogP contribution in [0.3, 0.4) is 0 Å². The van der Waals surface area contributed by atoms with Gasteiger partial charge in [0.1, 0.15) is 5.82 Å². The van der Waals surface area contributed by atoms with Crippen molar-refractivity contribution in [2.75, 3.05) is 44.3 Å². The van der Waals surface area contributed by atoms with Crippen molar-refractivity contribution in [3.05, 3.63) is 17.8 Å². The molecule has 1 aromatic rings. The topological polar surface area (TPSA) is 63.4 Å². The van der Waals surface area contributed by atoms with Gasteiger partial charge in [-0.25, -0.2) is 4.98 Å². The summed E-state index contributed by atoms with van der Waals surface area (Å²) in [6, 6.07) is 1.92. The van der Waals surface area contributed by atoms with E-state index in [1.165, 1.54) is 0 Å². The molecule has 1 fully saturated rings. The molecule has 0 saturated carbocycles. The number of morpholine rings is 1. The molecular formula is C12H20N4O. The van der Waals surface area contributed by atoms with Crippen molar-refractivity contribution < 1.29 is 4.74 Å². The van der Waals surface area contributed by atoms with E-state index in [0.29, 0.717) is 5.69 Å². The number of pyridine rings is 1. The Labute approximate surface area is 102 Å². The minimum Gasteiger partial charge on any atom is -0.397 e. The average Bonchev–Trinajstić information content (AvgIpc) is 2.28. The van der Waals surface area contributed by atoms with Crippen molar-refractivity contribution in [3.63, 3.8) is 0 Å². The van der Waals surface area contributed by atoms with Crippen molar-refractivity contribution in [2.45, 2.75) is 13.0 Å². The number of aromatic nitrogens is 1. The van der Waals surface area contributed by atoms with Crippen molar-refractivity contribution >= 4 is 11.5 Å². The van der Waals surface area contributed by atoms with Gasteiger partial charge in [-0.3, -0.25) is 0 Å². The first kappa shape index (κ1) is 12.1. The third-order valence-corrected chi connectivity index (χ3v) is 2.94. The second-order valence-electron chi connectivity index (χ2n) is 4.57. The fourth-order valence-corrected chi connectivity index (χ4v) is 1.98. The fraction of sp³-hybridized carbons (Fsp3) is 0.583. The third-order valence-electron chi connectivity index (χ3n) is 2.94. The lowest BCUT2D eigenvalue weighted by atomic mass is 10.2. The summed E-state index contributed by atoms with van der Waals surface area (Å²) in [6.07, 6.45) is 1.90. The van der Waals surface area contributed by atoms with Gasteiger partial charge in [0, 0.05) is 19.6 Å². The minimum atomic E-state index is 0.229. The van der Waals surface area contributed by atoms with E-state index in [4.69, 9.17) is 10.5 Å². The maximum atomic E-state index is 5.68. The summed E-state index contributed by atoms with van der Waals surface area (Å²) in [4.78, 5) is 6.55. The second-order valence-corrected chi connectivity index (χ2v) is 4.57. The van der Waals surface area contributed by atoms with Gasteiger partial charge in [0.2, 0.25) is 0 Å². The number of nitrogens with one attached hydrogen (secondary N) is 1. The van der Waals surface area contributed by atoms with Crippen LogP contribution in [0.4, 0.5) is 11.5 Å². The van der Waals surface area contributed by atoms with Crippen LogP contribution in [0.25, 0.3) is 0 Å². The Bertz CT molecular complexity index is 383. The van der Waals surface area contributed by atoms with Crippen LogP contribution in [0.15, 0.2) is 12.3 Å². The molecule has 0 amide bonds. The molecular weight excluding hydrogens is 216 g/mol. The Kier molecular flexibility index (Phi) is 3.81. The summed E-state index contributed by atoms with van der Waals surface area (Å²) in [5.41, 5.74) is 7.42. The molecule has 1 aromatic heterocycles. The van der Waals surface area contributed by atoms with Gasteiger partial charge in [0.25, 0.3) is 0 Å². The number of likely N-dealkylation sites (N-methyl/N-ethyl adjacent to an activating group) is 1. The van der Waals surface area contributed by atoms with E-state index in [-0.39, 0.29) is 6.10 Å². The van der Waals surface area contributed by atoms with Gasteiger partial charge in [-0.15, -0.1) is 0 Å². The third kappa shape index (κ3) is 3.31. The molecule has 5 heteroatoms. The highest BCUT2D eigenvalue weighted by Gasteiger charge is 2.17. The zero-order chi connectivity index (χ0) is 12.3. The zero-order valence-corrected chi connectivity index (χ0v) is 10.4. The van der Waals surface area contributed by atoms with Crippen LogP contribution in [0, 0.1) is 6.92 Å². The summed E-state index contributed by atoms with van der Waals surface area (Å²) in [6.45, 7) is 5.55. The summed E-state index contributed by atoms with van der Waals surface area (Å²) in [5.74, 6) is 0.885. The molecule has 2 rings (SSSR count). The Balaban J connectivity index is 1.88. The van der Waals surface area contributed by atoms with E-state index in [1.807, 2.05) is 13.0 Å². The number of ether oxygens (including phenoxy) is 1. The van der Waals surface area contributed by atoms with Crippen LogP contribution >= 0.6 is 0 Å². The van der Waals surface area contributed by atoms with Gasteiger partial charge >= 0.3 is 0 Å². The molecule has 1 unspecified atom stereocenters. The van der Waals surface area contributed by atoms with Gasteiger partial charge < -0.3 is 20.7 Å². The lowest BCUT2D eigenvalue weighted by Gasteiger charge is -2.30. The van der Waals surface area contributed by atoms with Gasteiger partial charge in [0.05, 0.1) is 24.6 Å². The van der Waals surface area contributed by atoms with Gasteiger partial charge in [-0.2, -0.15) is 0 Å². The van der Waals surface area contributed by atoms with Crippen molar-refractivity contribution in [1.82, 2.24) is 9.88 Å². The molecule has 0 aromatic carbocycles. The normalized spacial score (nSPS) is 21.4. The lowest BCUT2D eigenvalue weighted by Crippen LogP contribution is -2.43. The molecule has 1 saturated heterocycles. The van der Waals surface area contributed by atoms with Crippen LogP contribution in [0.5, 0.6) is 0 Å². The lowest BCUT2D eigenvalue weighted by molar-refractivity contribution is -0.0117. The molecule has 3 N–H and O–H groups in total. The molecule has 1 aliphatic rings. The number of hydrogen-bond donors (Lipinski definition) is 2. The van der Waals surface area contributed by atoms with E-state index in [2.05, 4.69) is 22.2 Å². The molecule has 2 heterocycles. The zero-order valence-electron chi connectivity index (χ0n) is 10.4. The first-order valence-electron chi connectivity index (χ1n) is 5.91. The molecule has 0 bridgehead atoms. The van der Waals surface area contributed by atoms with E-state index in [1.54, 1.807) is 6.20 Å². The van der Waals surface area contributed by atoms with Gasteiger partial charge in [-0.05, 0) is 25.6 Å². The van der Waals surface area contributed by atoms with Crippen LogP contribution in [-0.4, -0.2) is 49.3 Å². The summed E-state index contributed by atoms with van der Waals surface area (Å²) in [5, 5.41) is 3.31. The van der Waals surface area contributed by atoms with Crippen LogP contribution in [-0.2, 0) is 4.74 Å². The Morgan fingerprint density at radius 1 is 1.65 bits per heavy atom. The number of rotatable bonds is 3. The summed E-state index contributed by atoms with van der Waals surface area (Å²) >= 11 is 0. The fourth-order valence-electron chi connectivity index (χ4n) is 1.98. The first-order valence-corrected chi connectivity index (χ1v) is 5.91. The Morgan fingerprint density at radius 2 is 2.47 bits per heavy atom. The Morgan fingerprint density at radius 3 is 3.18 bits per heavy atom. The van der Waals surface area contributed by atoms with E-state index >= 15 is 0 Å².